The van der Waals surface area contributed by atoms with Gasteiger partial charge in [0.2, 0.25) is 0 Å². The van der Waals surface area contributed by atoms with Gasteiger partial charge < -0.3 is 5.32 Å². The second-order valence-electron chi connectivity index (χ2n) is 4.89. The number of benzene rings is 2. The quantitative estimate of drug-likeness (QED) is 0.831. The average molecular weight is 292 g/mol. The molecule has 2 rings (SSSR count). The Labute approximate surface area is 124 Å². The standard InChI is InChI=1S/C17H19ClFN/c1-2-20-12-15(14-6-8-17(19)9-7-14)10-13-4-3-5-16(18)11-13/h3-9,11,15,20H,2,10,12H2,1H3. The first kappa shape index (κ1) is 15.0. The van der Waals surface area contributed by atoms with Crippen LogP contribution in [0.4, 0.5) is 4.39 Å². The average Bonchev–Trinajstić information content (AvgIpc) is 2.44. The molecule has 0 amide bonds. The van der Waals surface area contributed by atoms with E-state index in [1.165, 1.54) is 17.7 Å². The third-order valence-electron chi connectivity index (χ3n) is 3.35. The predicted molar refractivity (Wildman–Crippen MR) is 82.8 cm³/mol. The Bertz CT molecular complexity index is 539. The van der Waals surface area contributed by atoms with Crippen molar-refractivity contribution in [3.8, 4) is 0 Å². The minimum atomic E-state index is -0.196. The van der Waals surface area contributed by atoms with Crippen molar-refractivity contribution >= 4 is 11.6 Å². The zero-order valence-electron chi connectivity index (χ0n) is 11.6. The van der Waals surface area contributed by atoms with Crippen LogP contribution in [0.25, 0.3) is 0 Å². The summed E-state index contributed by atoms with van der Waals surface area (Å²) in [7, 11) is 0. The topological polar surface area (TPSA) is 12.0 Å². The maximum Gasteiger partial charge on any atom is 0.123 e. The van der Waals surface area contributed by atoms with E-state index in [1.54, 1.807) is 0 Å². The molecule has 2 aromatic carbocycles. The van der Waals surface area contributed by atoms with Crippen LogP contribution in [0.15, 0.2) is 48.5 Å². The van der Waals surface area contributed by atoms with Crippen molar-refractivity contribution in [2.24, 2.45) is 0 Å². The molecule has 1 unspecified atom stereocenters. The largest absolute Gasteiger partial charge is 0.316 e. The van der Waals surface area contributed by atoms with Gasteiger partial charge in [-0.3, -0.25) is 0 Å². The number of rotatable bonds is 6. The highest BCUT2D eigenvalue weighted by Crippen LogP contribution is 2.22. The van der Waals surface area contributed by atoms with Gasteiger partial charge in [-0.05, 0) is 48.4 Å². The van der Waals surface area contributed by atoms with E-state index in [1.807, 2.05) is 30.3 Å². The zero-order chi connectivity index (χ0) is 14.4. The fraction of sp³-hybridized carbons (Fsp3) is 0.294. The molecule has 1 N–H and O–H groups in total. The smallest absolute Gasteiger partial charge is 0.123 e. The lowest BCUT2D eigenvalue weighted by atomic mass is 9.92. The van der Waals surface area contributed by atoms with Crippen molar-refractivity contribution < 1.29 is 4.39 Å². The molecule has 0 radical (unpaired) electrons. The Balaban J connectivity index is 2.16. The van der Waals surface area contributed by atoms with Crippen LogP contribution in [0.1, 0.15) is 24.0 Å². The molecule has 0 heterocycles. The molecule has 2 aromatic rings. The van der Waals surface area contributed by atoms with E-state index in [2.05, 4.69) is 18.3 Å². The highest BCUT2D eigenvalue weighted by molar-refractivity contribution is 6.30. The van der Waals surface area contributed by atoms with Crippen molar-refractivity contribution in [2.45, 2.75) is 19.3 Å². The molecule has 20 heavy (non-hydrogen) atoms. The van der Waals surface area contributed by atoms with E-state index >= 15 is 0 Å². The summed E-state index contributed by atoms with van der Waals surface area (Å²) in [4.78, 5) is 0. The van der Waals surface area contributed by atoms with Crippen molar-refractivity contribution in [1.29, 1.82) is 0 Å². The van der Waals surface area contributed by atoms with Gasteiger partial charge in [0.15, 0.2) is 0 Å². The number of hydrogen-bond donors (Lipinski definition) is 1. The Morgan fingerprint density at radius 3 is 2.55 bits per heavy atom. The van der Waals surface area contributed by atoms with Crippen LogP contribution in [-0.2, 0) is 6.42 Å². The summed E-state index contributed by atoms with van der Waals surface area (Å²) in [6.07, 6.45) is 0.888. The van der Waals surface area contributed by atoms with Gasteiger partial charge in [-0.2, -0.15) is 0 Å². The van der Waals surface area contributed by atoms with Gasteiger partial charge in [0, 0.05) is 17.5 Å². The van der Waals surface area contributed by atoms with E-state index in [9.17, 15) is 4.39 Å². The van der Waals surface area contributed by atoms with Crippen LogP contribution in [0.5, 0.6) is 0 Å². The first-order chi connectivity index (χ1) is 9.69. The molecule has 1 nitrogen and oxygen atoms in total. The van der Waals surface area contributed by atoms with E-state index in [0.29, 0.717) is 5.92 Å². The number of likely N-dealkylation sites (N-methyl/N-ethyl adjacent to an activating group) is 1. The van der Waals surface area contributed by atoms with Gasteiger partial charge in [-0.1, -0.05) is 42.8 Å². The lowest BCUT2D eigenvalue weighted by molar-refractivity contribution is 0.590. The summed E-state index contributed by atoms with van der Waals surface area (Å²) in [5.41, 5.74) is 2.34. The normalized spacial score (nSPS) is 12.3. The van der Waals surface area contributed by atoms with Gasteiger partial charge in [-0.15, -0.1) is 0 Å². The van der Waals surface area contributed by atoms with Gasteiger partial charge in [-0.25, -0.2) is 4.39 Å². The second kappa shape index (κ2) is 7.41. The Morgan fingerprint density at radius 1 is 1.15 bits per heavy atom. The molecule has 106 valence electrons. The van der Waals surface area contributed by atoms with E-state index in [0.717, 1.165) is 30.1 Å². The first-order valence-electron chi connectivity index (χ1n) is 6.89. The summed E-state index contributed by atoms with van der Waals surface area (Å²) >= 11 is 6.03. The van der Waals surface area contributed by atoms with E-state index in [4.69, 9.17) is 11.6 Å². The van der Waals surface area contributed by atoms with Gasteiger partial charge in [0.25, 0.3) is 0 Å². The zero-order valence-corrected chi connectivity index (χ0v) is 12.3. The fourth-order valence-corrected chi connectivity index (χ4v) is 2.52. The highest BCUT2D eigenvalue weighted by Gasteiger charge is 2.12. The maximum absolute atomic E-state index is 13.0. The minimum Gasteiger partial charge on any atom is -0.316 e. The molecule has 0 saturated heterocycles. The van der Waals surface area contributed by atoms with Crippen molar-refractivity contribution in [3.05, 3.63) is 70.5 Å². The van der Waals surface area contributed by atoms with Crippen molar-refractivity contribution in [1.82, 2.24) is 5.32 Å². The molecular formula is C17H19ClFN. The highest BCUT2D eigenvalue weighted by atomic mass is 35.5. The van der Waals surface area contributed by atoms with Gasteiger partial charge in [0.1, 0.15) is 5.82 Å². The summed E-state index contributed by atoms with van der Waals surface area (Å²) in [6, 6.07) is 14.7. The summed E-state index contributed by atoms with van der Waals surface area (Å²) in [6.45, 7) is 3.88. The third-order valence-corrected chi connectivity index (χ3v) is 3.59. The van der Waals surface area contributed by atoms with Crippen LogP contribution in [0.3, 0.4) is 0 Å². The molecule has 0 bridgehead atoms. The SMILES string of the molecule is CCNCC(Cc1cccc(Cl)c1)c1ccc(F)cc1. The summed E-state index contributed by atoms with van der Waals surface area (Å²) in [5.74, 6) is 0.118. The Morgan fingerprint density at radius 2 is 1.90 bits per heavy atom. The number of hydrogen-bond acceptors (Lipinski definition) is 1. The van der Waals surface area contributed by atoms with Crippen LogP contribution in [-0.4, -0.2) is 13.1 Å². The lowest BCUT2D eigenvalue weighted by Crippen LogP contribution is -2.22. The van der Waals surface area contributed by atoms with E-state index in [-0.39, 0.29) is 5.82 Å². The molecule has 3 heteroatoms. The van der Waals surface area contributed by atoms with Crippen LogP contribution in [0.2, 0.25) is 5.02 Å². The molecule has 0 saturated carbocycles. The van der Waals surface area contributed by atoms with Crippen LogP contribution in [0, 0.1) is 5.82 Å². The van der Waals surface area contributed by atoms with Crippen molar-refractivity contribution in [2.75, 3.05) is 13.1 Å². The summed E-state index contributed by atoms with van der Waals surface area (Å²) < 4.78 is 13.0. The molecule has 1 atom stereocenters. The van der Waals surface area contributed by atoms with Crippen LogP contribution >= 0.6 is 11.6 Å². The molecule has 0 aromatic heterocycles. The number of halogens is 2. The maximum atomic E-state index is 13.0. The minimum absolute atomic E-state index is 0.196. The molecular weight excluding hydrogens is 273 g/mol. The second-order valence-corrected chi connectivity index (χ2v) is 5.33. The molecule has 0 spiro atoms. The monoisotopic (exact) mass is 291 g/mol. The lowest BCUT2D eigenvalue weighted by Gasteiger charge is -2.18. The van der Waals surface area contributed by atoms with Gasteiger partial charge >= 0.3 is 0 Å². The molecule has 0 aliphatic rings. The third kappa shape index (κ3) is 4.32. The van der Waals surface area contributed by atoms with Gasteiger partial charge in [0.05, 0.1) is 0 Å². The number of nitrogens with one attached hydrogen (secondary N) is 1. The predicted octanol–water partition coefficient (Wildman–Crippen LogP) is 4.41. The molecule has 0 fully saturated rings. The van der Waals surface area contributed by atoms with Crippen molar-refractivity contribution in [3.63, 3.8) is 0 Å². The Kier molecular flexibility index (Phi) is 5.57. The first-order valence-corrected chi connectivity index (χ1v) is 7.27. The van der Waals surface area contributed by atoms with E-state index < -0.39 is 0 Å². The summed E-state index contributed by atoms with van der Waals surface area (Å²) in [5, 5.41) is 4.12. The molecule has 0 aliphatic carbocycles. The fourth-order valence-electron chi connectivity index (χ4n) is 2.31. The molecule has 0 aliphatic heterocycles. The Hall–Kier alpha value is -1.38. The van der Waals surface area contributed by atoms with Crippen LogP contribution < -0.4 is 5.32 Å².